The predicted octanol–water partition coefficient (Wildman–Crippen LogP) is 6.55. The fourth-order valence-electron chi connectivity index (χ4n) is 5.81. The molecule has 2 aliphatic heterocycles. The van der Waals surface area contributed by atoms with E-state index in [1.165, 1.54) is 5.56 Å². The SMILES string of the molecule is CCCOCCCOc1ccc(-c2ccc3c(c2)C=C(C(=O)Nc2ccc(CN(C)C4CCOCC4)cc2)CCN3C=O)cc1. The number of nitrogens with one attached hydrogen (secondary N) is 1. The summed E-state index contributed by atoms with van der Waals surface area (Å²) in [5, 5.41) is 3.06. The minimum absolute atomic E-state index is 0.159. The minimum Gasteiger partial charge on any atom is -0.494 e. The number of benzene rings is 3. The second-order valence-corrected chi connectivity index (χ2v) is 11.7. The van der Waals surface area contributed by atoms with Crippen LogP contribution in [0.1, 0.15) is 50.2 Å². The van der Waals surface area contributed by atoms with Crippen molar-refractivity contribution in [2.24, 2.45) is 0 Å². The summed E-state index contributed by atoms with van der Waals surface area (Å²) >= 11 is 0. The zero-order chi connectivity index (χ0) is 31.4. The Morgan fingerprint density at radius 3 is 2.49 bits per heavy atom. The molecule has 0 aliphatic carbocycles. The van der Waals surface area contributed by atoms with Gasteiger partial charge in [-0.15, -0.1) is 0 Å². The van der Waals surface area contributed by atoms with Crippen LogP contribution in [0.5, 0.6) is 5.75 Å². The van der Waals surface area contributed by atoms with Crippen molar-refractivity contribution in [3.05, 3.63) is 83.4 Å². The van der Waals surface area contributed by atoms with Crippen LogP contribution in [0.15, 0.2) is 72.3 Å². The lowest BCUT2D eigenvalue weighted by Crippen LogP contribution is -2.36. The van der Waals surface area contributed by atoms with Crippen LogP contribution in [-0.4, -0.2) is 69.9 Å². The molecular weight excluding hydrogens is 566 g/mol. The summed E-state index contributed by atoms with van der Waals surface area (Å²) in [6.45, 7) is 7.13. The Bertz CT molecular complexity index is 1430. The van der Waals surface area contributed by atoms with Gasteiger partial charge in [0.15, 0.2) is 0 Å². The van der Waals surface area contributed by atoms with E-state index < -0.39 is 0 Å². The highest BCUT2D eigenvalue weighted by molar-refractivity contribution is 6.08. The average molecular weight is 612 g/mol. The number of carbonyl (C=O) groups excluding carboxylic acids is 2. The summed E-state index contributed by atoms with van der Waals surface area (Å²) in [5.41, 5.74) is 6.24. The van der Waals surface area contributed by atoms with Gasteiger partial charge >= 0.3 is 0 Å². The molecule has 5 rings (SSSR count). The van der Waals surface area contributed by atoms with E-state index in [1.54, 1.807) is 4.90 Å². The van der Waals surface area contributed by atoms with Crippen LogP contribution in [0.3, 0.4) is 0 Å². The van der Waals surface area contributed by atoms with Crippen molar-refractivity contribution in [3.8, 4) is 16.9 Å². The lowest BCUT2D eigenvalue weighted by Gasteiger charge is -2.31. The van der Waals surface area contributed by atoms with Crippen LogP contribution in [0.4, 0.5) is 11.4 Å². The third kappa shape index (κ3) is 9.03. The highest BCUT2D eigenvalue weighted by atomic mass is 16.5. The lowest BCUT2D eigenvalue weighted by molar-refractivity contribution is -0.113. The molecule has 3 aromatic carbocycles. The molecule has 0 atom stereocenters. The van der Waals surface area contributed by atoms with E-state index >= 15 is 0 Å². The molecule has 0 bridgehead atoms. The summed E-state index contributed by atoms with van der Waals surface area (Å²) in [5.74, 6) is 0.655. The Hall–Kier alpha value is -3.98. The van der Waals surface area contributed by atoms with Crippen molar-refractivity contribution in [3.63, 3.8) is 0 Å². The third-order valence-corrected chi connectivity index (χ3v) is 8.40. The van der Waals surface area contributed by atoms with Crippen molar-refractivity contribution in [1.82, 2.24) is 4.90 Å². The fourth-order valence-corrected chi connectivity index (χ4v) is 5.81. The number of rotatable bonds is 14. The van der Waals surface area contributed by atoms with Crippen molar-refractivity contribution in [1.29, 1.82) is 0 Å². The van der Waals surface area contributed by atoms with Gasteiger partial charge in [-0.1, -0.05) is 37.3 Å². The number of fused-ring (bicyclic) bond motifs is 1. The fraction of sp³-hybridized carbons (Fsp3) is 0.405. The molecule has 45 heavy (non-hydrogen) atoms. The first-order chi connectivity index (χ1) is 22.0. The number of hydrogen-bond acceptors (Lipinski definition) is 6. The second-order valence-electron chi connectivity index (χ2n) is 11.7. The molecule has 8 heteroatoms. The van der Waals surface area contributed by atoms with Crippen molar-refractivity contribution < 1.29 is 23.8 Å². The molecule has 2 aliphatic rings. The summed E-state index contributed by atoms with van der Waals surface area (Å²) in [6, 6.07) is 22.6. The van der Waals surface area contributed by atoms with E-state index in [2.05, 4.69) is 36.3 Å². The number of hydrogen-bond donors (Lipinski definition) is 1. The van der Waals surface area contributed by atoms with Gasteiger partial charge in [-0.2, -0.15) is 0 Å². The van der Waals surface area contributed by atoms with E-state index in [-0.39, 0.29) is 5.91 Å². The van der Waals surface area contributed by atoms with Gasteiger partial charge in [-0.25, -0.2) is 0 Å². The Morgan fingerprint density at radius 2 is 1.76 bits per heavy atom. The van der Waals surface area contributed by atoms with Gasteiger partial charge in [0.25, 0.3) is 5.91 Å². The Balaban J connectivity index is 1.23. The highest BCUT2D eigenvalue weighted by Crippen LogP contribution is 2.33. The molecule has 238 valence electrons. The summed E-state index contributed by atoms with van der Waals surface area (Å²) in [7, 11) is 2.16. The van der Waals surface area contributed by atoms with Gasteiger partial charge in [-0.3, -0.25) is 14.5 Å². The first kappa shape index (κ1) is 32.4. The first-order valence-electron chi connectivity index (χ1n) is 16.1. The predicted molar refractivity (Wildman–Crippen MR) is 179 cm³/mol. The molecular formula is C37H45N3O5. The number of carbonyl (C=O) groups is 2. The number of amides is 2. The van der Waals surface area contributed by atoms with E-state index in [0.717, 1.165) is 92.3 Å². The van der Waals surface area contributed by atoms with Gasteiger partial charge in [0, 0.05) is 63.2 Å². The number of ether oxygens (including phenoxy) is 3. The Kier molecular flexibility index (Phi) is 11.8. The molecule has 0 aromatic heterocycles. The average Bonchev–Trinajstić information content (AvgIpc) is 3.27. The largest absolute Gasteiger partial charge is 0.494 e. The maximum absolute atomic E-state index is 13.4. The Labute approximate surface area is 267 Å². The normalized spacial score (nSPS) is 15.3. The zero-order valence-corrected chi connectivity index (χ0v) is 26.5. The third-order valence-electron chi connectivity index (χ3n) is 8.40. The van der Waals surface area contributed by atoms with Crippen LogP contribution in [-0.2, 0) is 25.6 Å². The van der Waals surface area contributed by atoms with Crippen molar-refractivity contribution in [2.75, 3.05) is 56.8 Å². The highest BCUT2D eigenvalue weighted by Gasteiger charge is 2.21. The van der Waals surface area contributed by atoms with Crippen LogP contribution in [0.25, 0.3) is 17.2 Å². The van der Waals surface area contributed by atoms with Crippen LogP contribution in [0.2, 0.25) is 0 Å². The first-order valence-corrected chi connectivity index (χ1v) is 16.1. The summed E-state index contributed by atoms with van der Waals surface area (Å²) < 4.78 is 16.9. The maximum Gasteiger partial charge on any atom is 0.251 e. The van der Waals surface area contributed by atoms with Crippen LogP contribution < -0.4 is 15.0 Å². The molecule has 1 N–H and O–H groups in total. The minimum atomic E-state index is -0.159. The van der Waals surface area contributed by atoms with E-state index in [1.807, 2.05) is 60.7 Å². The van der Waals surface area contributed by atoms with Gasteiger partial charge < -0.3 is 24.4 Å². The van der Waals surface area contributed by atoms with E-state index in [9.17, 15) is 9.59 Å². The quantitative estimate of drug-likeness (QED) is 0.165. The standard InChI is InChI=1S/C37H45N3O5/c1-3-19-43-20-4-21-45-35-12-7-29(8-13-35)30-9-14-36-32(24-30)25-31(15-18-40(36)27-41)37(42)38-33-10-5-28(6-11-33)26-39(2)34-16-22-44-23-17-34/h5-14,24-25,27,34H,3-4,15-23,26H2,1-2H3,(H,38,42). The Morgan fingerprint density at radius 1 is 1.00 bits per heavy atom. The molecule has 2 amide bonds. The van der Waals surface area contributed by atoms with Gasteiger partial charge in [-0.05, 0) is 97.5 Å². The second kappa shape index (κ2) is 16.4. The van der Waals surface area contributed by atoms with Gasteiger partial charge in [0.1, 0.15) is 5.75 Å². The smallest absolute Gasteiger partial charge is 0.251 e. The maximum atomic E-state index is 13.4. The number of anilines is 2. The molecule has 0 saturated carbocycles. The van der Waals surface area contributed by atoms with E-state index in [0.29, 0.717) is 37.8 Å². The van der Waals surface area contributed by atoms with Gasteiger partial charge in [0.2, 0.25) is 6.41 Å². The topological polar surface area (TPSA) is 80.3 Å². The van der Waals surface area contributed by atoms with Crippen molar-refractivity contribution >= 4 is 29.8 Å². The molecule has 0 unspecified atom stereocenters. The molecule has 0 spiro atoms. The lowest BCUT2D eigenvalue weighted by atomic mass is 10.00. The number of nitrogens with zero attached hydrogens (tertiary/aromatic N) is 2. The summed E-state index contributed by atoms with van der Waals surface area (Å²) in [4.78, 5) is 29.4. The summed E-state index contributed by atoms with van der Waals surface area (Å²) in [6.07, 6.45) is 7.19. The van der Waals surface area contributed by atoms with Crippen LogP contribution >= 0.6 is 0 Å². The van der Waals surface area contributed by atoms with E-state index in [4.69, 9.17) is 14.2 Å². The molecule has 1 fully saturated rings. The molecule has 3 aromatic rings. The molecule has 2 heterocycles. The molecule has 1 saturated heterocycles. The molecule has 0 radical (unpaired) electrons. The monoisotopic (exact) mass is 611 g/mol. The van der Waals surface area contributed by atoms with Crippen molar-refractivity contribution in [2.45, 2.75) is 51.6 Å². The van der Waals surface area contributed by atoms with Gasteiger partial charge in [0.05, 0.1) is 12.3 Å². The molecule has 8 nitrogen and oxygen atoms in total. The van der Waals surface area contributed by atoms with Crippen LogP contribution in [0, 0.1) is 0 Å². The zero-order valence-electron chi connectivity index (χ0n) is 26.5.